The highest BCUT2D eigenvalue weighted by atomic mass is 16.5. The molecule has 3 heteroatoms. The molecule has 0 aliphatic rings. The van der Waals surface area contributed by atoms with Crippen LogP contribution in [0.4, 0.5) is 0 Å². The molecule has 0 radical (unpaired) electrons. The summed E-state index contributed by atoms with van der Waals surface area (Å²) in [4.78, 5) is 4.26. The Bertz CT molecular complexity index is 485. The quantitative estimate of drug-likeness (QED) is 0.773. The number of aryl methyl sites for hydroxylation is 1. The summed E-state index contributed by atoms with van der Waals surface area (Å²) in [6.07, 6.45) is 2.81. The number of benzene rings is 1. The number of nitrogens with zero attached hydrogens (tertiary/aromatic N) is 1. The first-order chi connectivity index (χ1) is 9.40. The summed E-state index contributed by atoms with van der Waals surface area (Å²) < 4.78 is 5.78. The Morgan fingerprint density at radius 1 is 1.11 bits per heavy atom. The molecule has 0 unspecified atom stereocenters. The molecule has 3 nitrogen and oxygen atoms in total. The van der Waals surface area contributed by atoms with Gasteiger partial charge in [0.15, 0.2) is 0 Å². The fourth-order valence-corrected chi connectivity index (χ4v) is 1.89. The zero-order valence-electron chi connectivity index (χ0n) is 11.3. The van der Waals surface area contributed by atoms with Gasteiger partial charge >= 0.3 is 0 Å². The SMILES string of the molecule is CCc1ccccc1OCCNCc1ccccn1. The average molecular weight is 256 g/mol. The second kappa shape index (κ2) is 7.54. The Kier molecular flexibility index (Phi) is 5.38. The molecule has 1 heterocycles. The maximum atomic E-state index is 5.78. The van der Waals surface area contributed by atoms with Crippen molar-refractivity contribution in [1.82, 2.24) is 10.3 Å². The van der Waals surface area contributed by atoms with Gasteiger partial charge in [0.25, 0.3) is 0 Å². The molecule has 2 aromatic rings. The molecular formula is C16H20N2O. The molecule has 0 aliphatic carbocycles. The largest absolute Gasteiger partial charge is 0.492 e. The number of hydrogen-bond acceptors (Lipinski definition) is 3. The molecule has 0 aliphatic heterocycles. The van der Waals surface area contributed by atoms with Crippen molar-refractivity contribution in [2.24, 2.45) is 0 Å². The van der Waals surface area contributed by atoms with E-state index in [2.05, 4.69) is 23.3 Å². The van der Waals surface area contributed by atoms with Crippen molar-refractivity contribution < 1.29 is 4.74 Å². The third-order valence-corrected chi connectivity index (χ3v) is 2.92. The maximum Gasteiger partial charge on any atom is 0.122 e. The first-order valence-corrected chi connectivity index (χ1v) is 6.71. The molecule has 1 aromatic carbocycles. The minimum absolute atomic E-state index is 0.670. The van der Waals surface area contributed by atoms with Crippen molar-refractivity contribution >= 4 is 0 Å². The Morgan fingerprint density at radius 3 is 2.74 bits per heavy atom. The van der Waals surface area contributed by atoms with Crippen molar-refractivity contribution in [1.29, 1.82) is 0 Å². The molecule has 1 N–H and O–H groups in total. The molecule has 0 amide bonds. The van der Waals surface area contributed by atoms with Crippen LogP contribution in [0.25, 0.3) is 0 Å². The summed E-state index contributed by atoms with van der Waals surface area (Å²) in [5.41, 5.74) is 2.31. The van der Waals surface area contributed by atoms with Gasteiger partial charge in [0, 0.05) is 19.3 Å². The van der Waals surface area contributed by atoms with Crippen LogP contribution >= 0.6 is 0 Å². The van der Waals surface area contributed by atoms with Gasteiger partial charge in [0.05, 0.1) is 5.69 Å². The van der Waals surface area contributed by atoms with Crippen LogP contribution in [0, 0.1) is 0 Å². The molecule has 100 valence electrons. The Hall–Kier alpha value is -1.87. The van der Waals surface area contributed by atoms with Crippen LogP contribution in [0.3, 0.4) is 0 Å². The van der Waals surface area contributed by atoms with Crippen molar-refractivity contribution in [2.75, 3.05) is 13.2 Å². The fraction of sp³-hybridized carbons (Fsp3) is 0.312. The normalized spacial score (nSPS) is 10.4. The summed E-state index contributed by atoms with van der Waals surface area (Å²) in [5.74, 6) is 0.990. The molecule has 0 bridgehead atoms. The molecule has 0 fully saturated rings. The van der Waals surface area contributed by atoms with Crippen LogP contribution in [0.5, 0.6) is 5.75 Å². The van der Waals surface area contributed by atoms with E-state index in [0.29, 0.717) is 6.61 Å². The van der Waals surface area contributed by atoms with Crippen LogP contribution < -0.4 is 10.1 Å². The smallest absolute Gasteiger partial charge is 0.122 e. The standard InChI is InChI=1S/C16H20N2O/c1-2-14-7-3-4-9-16(14)19-12-11-17-13-15-8-5-6-10-18-15/h3-10,17H,2,11-13H2,1H3. The molecule has 0 spiro atoms. The van der Waals surface area contributed by atoms with Gasteiger partial charge in [-0.25, -0.2) is 0 Å². The number of nitrogens with one attached hydrogen (secondary N) is 1. The molecule has 1 aromatic heterocycles. The average Bonchev–Trinajstić information content (AvgIpc) is 2.48. The summed E-state index contributed by atoms with van der Waals surface area (Å²) in [6.45, 7) is 4.40. The number of para-hydroxylation sites is 1. The predicted octanol–water partition coefficient (Wildman–Crippen LogP) is 2.81. The van der Waals surface area contributed by atoms with Crippen LogP contribution in [0.1, 0.15) is 18.2 Å². The van der Waals surface area contributed by atoms with Gasteiger partial charge < -0.3 is 10.1 Å². The zero-order valence-corrected chi connectivity index (χ0v) is 11.3. The number of ether oxygens (including phenoxy) is 1. The van der Waals surface area contributed by atoms with Gasteiger partial charge in [-0.1, -0.05) is 31.2 Å². The first-order valence-electron chi connectivity index (χ1n) is 6.71. The number of pyridine rings is 1. The number of rotatable bonds is 7. The Balaban J connectivity index is 1.69. The van der Waals surface area contributed by atoms with Gasteiger partial charge in [-0.05, 0) is 30.2 Å². The van der Waals surface area contributed by atoms with Gasteiger partial charge in [0.1, 0.15) is 12.4 Å². The van der Waals surface area contributed by atoms with E-state index in [1.807, 2.05) is 42.6 Å². The minimum atomic E-state index is 0.670. The Morgan fingerprint density at radius 2 is 1.95 bits per heavy atom. The molecular weight excluding hydrogens is 236 g/mol. The number of hydrogen-bond donors (Lipinski definition) is 1. The molecule has 2 rings (SSSR count). The lowest BCUT2D eigenvalue weighted by Gasteiger charge is -2.10. The lowest BCUT2D eigenvalue weighted by atomic mass is 10.1. The lowest BCUT2D eigenvalue weighted by Crippen LogP contribution is -2.21. The predicted molar refractivity (Wildman–Crippen MR) is 77.3 cm³/mol. The van der Waals surface area contributed by atoms with E-state index >= 15 is 0 Å². The van der Waals surface area contributed by atoms with Gasteiger partial charge in [-0.3, -0.25) is 4.98 Å². The van der Waals surface area contributed by atoms with E-state index in [1.54, 1.807) is 0 Å². The lowest BCUT2D eigenvalue weighted by molar-refractivity contribution is 0.310. The van der Waals surface area contributed by atoms with E-state index in [4.69, 9.17) is 4.74 Å². The van der Waals surface area contributed by atoms with E-state index < -0.39 is 0 Å². The monoisotopic (exact) mass is 256 g/mol. The van der Waals surface area contributed by atoms with Gasteiger partial charge in [-0.2, -0.15) is 0 Å². The number of aromatic nitrogens is 1. The highest BCUT2D eigenvalue weighted by molar-refractivity contribution is 5.33. The molecule has 19 heavy (non-hydrogen) atoms. The molecule has 0 saturated heterocycles. The van der Waals surface area contributed by atoms with E-state index in [0.717, 1.165) is 31.0 Å². The van der Waals surface area contributed by atoms with Crippen LogP contribution in [-0.2, 0) is 13.0 Å². The second-order valence-corrected chi connectivity index (χ2v) is 4.31. The fourth-order valence-electron chi connectivity index (χ4n) is 1.89. The highest BCUT2D eigenvalue weighted by Crippen LogP contribution is 2.17. The minimum Gasteiger partial charge on any atom is -0.492 e. The van der Waals surface area contributed by atoms with Crippen LogP contribution in [0.2, 0.25) is 0 Å². The van der Waals surface area contributed by atoms with Crippen molar-refractivity contribution in [3.8, 4) is 5.75 Å². The van der Waals surface area contributed by atoms with Crippen molar-refractivity contribution in [3.05, 3.63) is 59.9 Å². The Labute approximate surface area is 114 Å². The summed E-state index contributed by atoms with van der Waals surface area (Å²) in [7, 11) is 0. The molecule has 0 saturated carbocycles. The second-order valence-electron chi connectivity index (χ2n) is 4.31. The summed E-state index contributed by atoms with van der Waals surface area (Å²) in [5, 5.41) is 3.32. The van der Waals surface area contributed by atoms with Crippen molar-refractivity contribution in [2.45, 2.75) is 19.9 Å². The zero-order chi connectivity index (χ0) is 13.3. The van der Waals surface area contributed by atoms with Gasteiger partial charge in [-0.15, -0.1) is 0 Å². The summed E-state index contributed by atoms with van der Waals surface area (Å²) >= 11 is 0. The third kappa shape index (κ3) is 4.38. The first kappa shape index (κ1) is 13.6. The summed E-state index contributed by atoms with van der Waals surface area (Å²) in [6, 6.07) is 14.1. The third-order valence-electron chi connectivity index (χ3n) is 2.92. The highest BCUT2D eigenvalue weighted by Gasteiger charge is 2.00. The maximum absolute atomic E-state index is 5.78. The molecule has 0 atom stereocenters. The van der Waals surface area contributed by atoms with Crippen LogP contribution in [-0.4, -0.2) is 18.1 Å². The topological polar surface area (TPSA) is 34.1 Å². The van der Waals surface area contributed by atoms with Crippen LogP contribution in [0.15, 0.2) is 48.7 Å². The van der Waals surface area contributed by atoms with Crippen molar-refractivity contribution in [3.63, 3.8) is 0 Å². The van der Waals surface area contributed by atoms with Gasteiger partial charge in [0.2, 0.25) is 0 Å². The van der Waals surface area contributed by atoms with E-state index in [1.165, 1.54) is 5.56 Å². The van der Waals surface area contributed by atoms with E-state index in [9.17, 15) is 0 Å². The van der Waals surface area contributed by atoms with E-state index in [-0.39, 0.29) is 0 Å².